The number of amides is 1. The zero-order valence-corrected chi connectivity index (χ0v) is 16.9. The molecule has 6 nitrogen and oxygen atoms in total. The largest absolute Gasteiger partial charge is 0.451 e. The van der Waals surface area contributed by atoms with Gasteiger partial charge in [-0.15, -0.1) is 0 Å². The molecule has 7 heteroatoms. The Balaban J connectivity index is 1.49. The first kappa shape index (κ1) is 18.0. The number of rotatable bonds is 3. The fraction of sp³-hybridized carbons (Fsp3) is 0.300. The van der Waals surface area contributed by atoms with Crippen molar-refractivity contribution in [3.05, 3.63) is 52.3 Å². The summed E-state index contributed by atoms with van der Waals surface area (Å²) in [6.45, 7) is 5.87. The lowest BCUT2D eigenvalue weighted by Gasteiger charge is -2.33. The van der Waals surface area contributed by atoms with E-state index in [1.165, 1.54) is 0 Å². The minimum atomic E-state index is -0.269. The number of aryl methyl sites for hydroxylation is 1. The summed E-state index contributed by atoms with van der Waals surface area (Å²) >= 11 is 3.45. The molecule has 1 fully saturated rings. The molecular formula is C20H21BrN4O2. The van der Waals surface area contributed by atoms with Gasteiger partial charge in [0.25, 0.3) is 5.91 Å². The number of hydrogen-bond donors (Lipinski definition) is 1. The quantitative estimate of drug-likeness (QED) is 0.685. The van der Waals surface area contributed by atoms with Gasteiger partial charge >= 0.3 is 0 Å². The van der Waals surface area contributed by atoms with Crippen LogP contribution in [0.1, 0.15) is 16.1 Å². The number of aromatic nitrogens is 1. The number of likely N-dealkylation sites (N-methyl/N-ethyl adjacent to an activating group) is 1. The second-order valence-electron chi connectivity index (χ2n) is 6.85. The van der Waals surface area contributed by atoms with Crippen LogP contribution in [-0.2, 0) is 0 Å². The van der Waals surface area contributed by atoms with Gasteiger partial charge in [0.1, 0.15) is 11.4 Å². The number of nitrogens with one attached hydrogen (secondary N) is 1. The highest BCUT2D eigenvalue weighted by atomic mass is 79.9. The standard InChI is InChI=1S/C20H21BrN4O2/c1-13-16-11-14(21)3-5-17(16)27-19(13)20(26)23-15-4-6-18(22-12-15)25-9-7-24(2)8-10-25/h3-6,11-12H,7-10H2,1-2H3,(H,23,26). The number of benzene rings is 1. The van der Waals surface area contributed by atoms with Gasteiger partial charge < -0.3 is 19.5 Å². The Morgan fingerprint density at radius 1 is 1.19 bits per heavy atom. The van der Waals surface area contributed by atoms with Gasteiger partial charge in [-0.05, 0) is 44.3 Å². The van der Waals surface area contributed by atoms with Crippen LogP contribution in [0.15, 0.2) is 45.4 Å². The number of anilines is 2. The summed E-state index contributed by atoms with van der Waals surface area (Å²) < 4.78 is 6.70. The summed E-state index contributed by atoms with van der Waals surface area (Å²) in [7, 11) is 2.13. The van der Waals surface area contributed by atoms with Gasteiger partial charge in [0.15, 0.2) is 5.76 Å². The van der Waals surface area contributed by atoms with Crippen molar-refractivity contribution >= 4 is 44.3 Å². The van der Waals surface area contributed by atoms with Crippen LogP contribution in [0.4, 0.5) is 11.5 Å². The van der Waals surface area contributed by atoms with Gasteiger partial charge in [-0.25, -0.2) is 4.98 Å². The summed E-state index contributed by atoms with van der Waals surface area (Å²) in [5.74, 6) is 0.992. The predicted molar refractivity (Wildman–Crippen MR) is 111 cm³/mol. The monoisotopic (exact) mass is 428 g/mol. The molecule has 1 aliphatic rings. The molecule has 1 N–H and O–H groups in total. The summed E-state index contributed by atoms with van der Waals surface area (Å²) in [6, 6.07) is 9.54. The Morgan fingerprint density at radius 3 is 2.67 bits per heavy atom. The van der Waals surface area contributed by atoms with Crippen molar-refractivity contribution in [3.8, 4) is 0 Å². The highest BCUT2D eigenvalue weighted by Crippen LogP contribution is 2.28. The fourth-order valence-corrected chi connectivity index (χ4v) is 3.64. The molecule has 0 aliphatic carbocycles. The SMILES string of the molecule is Cc1c(C(=O)Nc2ccc(N3CCN(C)CC3)nc2)oc2ccc(Br)cc12. The average Bonchev–Trinajstić information content (AvgIpc) is 2.99. The zero-order chi connectivity index (χ0) is 19.0. The Kier molecular flexibility index (Phi) is 4.88. The van der Waals surface area contributed by atoms with Crippen molar-refractivity contribution < 1.29 is 9.21 Å². The van der Waals surface area contributed by atoms with Crippen molar-refractivity contribution in [2.24, 2.45) is 0 Å². The van der Waals surface area contributed by atoms with E-state index in [4.69, 9.17) is 4.42 Å². The molecule has 1 saturated heterocycles. The van der Waals surface area contributed by atoms with Gasteiger partial charge in [-0.1, -0.05) is 15.9 Å². The molecule has 0 unspecified atom stereocenters. The van der Waals surface area contributed by atoms with Gasteiger partial charge in [0, 0.05) is 41.6 Å². The van der Waals surface area contributed by atoms with Crippen molar-refractivity contribution in [2.75, 3.05) is 43.4 Å². The number of furan rings is 1. The Bertz CT molecular complexity index is 976. The topological polar surface area (TPSA) is 61.6 Å². The summed E-state index contributed by atoms with van der Waals surface area (Å²) in [5, 5.41) is 3.81. The number of halogens is 1. The Labute approximate surface area is 166 Å². The second kappa shape index (κ2) is 7.32. The van der Waals surface area contributed by atoms with Crippen molar-refractivity contribution in [1.82, 2.24) is 9.88 Å². The molecule has 0 radical (unpaired) electrons. The number of hydrogen-bond acceptors (Lipinski definition) is 5. The molecule has 27 heavy (non-hydrogen) atoms. The highest BCUT2D eigenvalue weighted by molar-refractivity contribution is 9.10. The molecule has 4 rings (SSSR count). The third-order valence-electron chi connectivity index (χ3n) is 4.94. The van der Waals surface area contributed by atoms with E-state index in [1.807, 2.05) is 37.3 Å². The number of nitrogens with zero attached hydrogens (tertiary/aromatic N) is 3. The first-order chi connectivity index (χ1) is 13.0. The fourth-order valence-electron chi connectivity index (χ4n) is 3.28. The summed E-state index contributed by atoms with van der Waals surface area (Å²) in [6.07, 6.45) is 1.69. The van der Waals surface area contributed by atoms with Gasteiger partial charge in [0.05, 0.1) is 11.9 Å². The number of piperazine rings is 1. The first-order valence-electron chi connectivity index (χ1n) is 8.91. The van der Waals surface area contributed by atoms with E-state index in [0.717, 1.165) is 47.4 Å². The van der Waals surface area contributed by atoms with E-state index >= 15 is 0 Å². The van der Waals surface area contributed by atoms with Crippen LogP contribution < -0.4 is 10.2 Å². The van der Waals surface area contributed by atoms with E-state index in [1.54, 1.807) is 6.20 Å². The van der Waals surface area contributed by atoms with Crippen LogP contribution in [0.3, 0.4) is 0 Å². The molecule has 0 spiro atoms. The molecule has 0 atom stereocenters. The molecule has 140 valence electrons. The summed E-state index contributed by atoms with van der Waals surface area (Å²) in [5.41, 5.74) is 2.18. The maximum absolute atomic E-state index is 12.7. The lowest BCUT2D eigenvalue weighted by atomic mass is 10.1. The van der Waals surface area contributed by atoms with Crippen LogP contribution in [0.2, 0.25) is 0 Å². The Hall–Kier alpha value is -2.38. The normalized spacial score (nSPS) is 15.3. The van der Waals surface area contributed by atoms with Gasteiger partial charge in [-0.2, -0.15) is 0 Å². The van der Waals surface area contributed by atoms with E-state index in [-0.39, 0.29) is 5.91 Å². The van der Waals surface area contributed by atoms with Crippen LogP contribution in [0, 0.1) is 6.92 Å². The zero-order valence-electron chi connectivity index (χ0n) is 15.3. The first-order valence-corrected chi connectivity index (χ1v) is 9.70. The van der Waals surface area contributed by atoms with E-state index in [9.17, 15) is 4.79 Å². The van der Waals surface area contributed by atoms with Crippen molar-refractivity contribution in [2.45, 2.75) is 6.92 Å². The molecule has 3 heterocycles. The second-order valence-corrected chi connectivity index (χ2v) is 7.76. The lowest BCUT2D eigenvalue weighted by molar-refractivity contribution is 0.0998. The molecule has 1 aliphatic heterocycles. The third kappa shape index (κ3) is 3.70. The minimum Gasteiger partial charge on any atom is -0.451 e. The van der Waals surface area contributed by atoms with E-state index in [0.29, 0.717) is 17.0 Å². The molecule has 0 saturated carbocycles. The number of pyridine rings is 1. The molecule has 2 aromatic heterocycles. The maximum Gasteiger partial charge on any atom is 0.291 e. The molecule has 1 amide bonds. The van der Waals surface area contributed by atoms with E-state index in [2.05, 4.69) is 43.1 Å². The smallest absolute Gasteiger partial charge is 0.291 e. The van der Waals surface area contributed by atoms with Crippen molar-refractivity contribution in [1.29, 1.82) is 0 Å². The van der Waals surface area contributed by atoms with Gasteiger partial charge in [-0.3, -0.25) is 4.79 Å². The van der Waals surface area contributed by atoms with Crippen LogP contribution >= 0.6 is 15.9 Å². The number of carbonyl (C=O) groups excluding carboxylic acids is 1. The van der Waals surface area contributed by atoms with E-state index < -0.39 is 0 Å². The predicted octanol–water partition coefficient (Wildman–Crippen LogP) is 3.90. The molecule has 1 aromatic carbocycles. The number of carbonyl (C=O) groups is 1. The van der Waals surface area contributed by atoms with Crippen LogP contribution in [0.25, 0.3) is 11.0 Å². The van der Waals surface area contributed by atoms with Crippen LogP contribution in [0.5, 0.6) is 0 Å². The maximum atomic E-state index is 12.7. The molecule has 0 bridgehead atoms. The lowest BCUT2D eigenvalue weighted by Crippen LogP contribution is -2.44. The Morgan fingerprint density at radius 2 is 1.96 bits per heavy atom. The number of fused-ring (bicyclic) bond motifs is 1. The van der Waals surface area contributed by atoms with Crippen molar-refractivity contribution in [3.63, 3.8) is 0 Å². The van der Waals surface area contributed by atoms with Gasteiger partial charge in [0.2, 0.25) is 0 Å². The average molecular weight is 429 g/mol. The molecular weight excluding hydrogens is 408 g/mol. The summed E-state index contributed by atoms with van der Waals surface area (Å²) in [4.78, 5) is 21.7. The van der Waals surface area contributed by atoms with Crippen LogP contribution in [-0.4, -0.2) is 49.0 Å². The highest BCUT2D eigenvalue weighted by Gasteiger charge is 2.19. The molecule has 3 aromatic rings. The minimum absolute atomic E-state index is 0.269. The third-order valence-corrected chi connectivity index (χ3v) is 5.43.